The van der Waals surface area contributed by atoms with Crippen LogP contribution in [0.4, 0.5) is 0 Å². The first kappa shape index (κ1) is 7.21. The monoisotopic (exact) mass is 123 g/mol. The van der Waals surface area contributed by atoms with Gasteiger partial charge >= 0.3 is 0 Å². The Kier molecular flexibility index (Phi) is 2.58. The Morgan fingerprint density at radius 3 is 2.14 bits per heavy atom. The first-order chi connectivity index (χ1) is 2.80. The van der Waals surface area contributed by atoms with Gasteiger partial charge in [-0.1, -0.05) is 0 Å². The fraction of sp³-hybridized carbons (Fsp3) is 1.00. The van der Waals surface area contributed by atoms with Crippen molar-refractivity contribution in [2.24, 2.45) is 0 Å². The summed E-state index contributed by atoms with van der Waals surface area (Å²) in [5.74, 6) is 0. The van der Waals surface area contributed by atoms with Crippen LogP contribution in [0.1, 0.15) is 6.92 Å². The van der Waals surface area contributed by atoms with Crippen LogP contribution in [0.3, 0.4) is 0 Å². The molecule has 0 aromatic carbocycles. The van der Waals surface area contributed by atoms with Crippen molar-refractivity contribution in [1.29, 1.82) is 0 Å². The summed E-state index contributed by atoms with van der Waals surface area (Å²) < 4.78 is 0. The number of aliphatic hydroxyl groups is 1. The molecule has 1 rings (SSSR count). The minimum absolute atomic E-state index is 0. The zero-order chi connectivity index (χ0) is 4.57. The highest BCUT2D eigenvalue weighted by Crippen LogP contribution is 1.99. The smallest absolute Gasteiger partial charge is 0.0814 e. The van der Waals surface area contributed by atoms with E-state index in [9.17, 15) is 0 Å². The second kappa shape index (κ2) is 2.50. The van der Waals surface area contributed by atoms with Crippen molar-refractivity contribution in [3.8, 4) is 0 Å². The SMILES string of the molecule is C[C@@H]1NC[C@@H]1O.Cl. The molecule has 3 heteroatoms. The molecule has 0 bridgehead atoms. The molecule has 0 amide bonds. The molecule has 1 saturated heterocycles. The maximum atomic E-state index is 8.65. The molecule has 1 aliphatic heterocycles. The second-order valence-electron chi connectivity index (χ2n) is 1.76. The zero-order valence-electron chi connectivity index (χ0n) is 4.22. The average Bonchev–Trinajstić information content (AvgIpc) is 1.61. The Labute approximate surface area is 49.3 Å². The maximum Gasteiger partial charge on any atom is 0.0814 e. The number of nitrogens with one attached hydrogen (secondary N) is 1. The summed E-state index contributed by atoms with van der Waals surface area (Å²) >= 11 is 0. The summed E-state index contributed by atoms with van der Waals surface area (Å²) in [6, 6.07) is 0.338. The van der Waals surface area contributed by atoms with E-state index in [4.69, 9.17) is 5.11 Å². The third-order valence-electron chi connectivity index (χ3n) is 1.23. The van der Waals surface area contributed by atoms with E-state index in [0.29, 0.717) is 6.04 Å². The first-order valence-corrected chi connectivity index (χ1v) is 2.22. The molecular formula is C4H10ClNO. The largest absolute Gasteiger partial charge is 0.390 e. The number of rotatable bonds is 0. The predicted octanol–water partition coefficient (Wildman–Crippen LogP) is -0.239. The van der Waals surface area contributed by atoms with Crippen LogP contribution in [0.5, 0.6) is 0 Å². The molecule has 44 valence electrons. The van der Waals surface area contributed by atoms with Gasteiger partial charge in [-0.05, 0) is 6.92 Å². The maximum absolute atomic E-state index is 8.65. The van der Waals surface area contributed by atoms with Crippen LogP contribution in [0.15, 0.2) is 0 Å². The number of β-amino-alcohol motifs (C(OH)–C–C–N with tert-alkyl or cyclic N) is 1. The number of aliphatic hydroxyl groups excluding tert-OH is 1. The van der Waals surface area contributed by atoms with Gasteiger partial charge in [-0.15, -0.1) is 12.4 Å². The fourth-order valence-corrected chi connectivity index (χ4v) is 0.459. The van der Waals surface area contributed by atoms with Crippen molar-refractivity contribution in [1.82, 2.24) is 5.32 Å². The van der Waals surface area contributed by atoms with Gasteiger partial charge in [0.25, 0.3) is 0 Å². The molecule has 2 nitrogen and oxygen atoms in total. The van der Waals surface area contributed by atoms with Gasteiger partial charge in [0.05, 0.1) is 6.10 Å². The molecule has 0 spiro atoms. The van der Waals surface area contributed by atoms with Crippen LogP contribution in [0, 0.1) is 0 Å². The molecule has 7 heavy (non-hydrogen) atoms. The summed E-state index contributed by atoms with van der Waals surface area (Å²) in [5.41, 5.74) is 0. The summed E-state index contributed by atoms with van der Waals surface area (Å²) in [5, 5.41) is 11.7. The van der Waals surface area contributed by atoms with E-state index in [1.54, 1.807) is 0 Å². The molecule has 0 aliphatic carbocycles. The van der Waals surface area contributed by atoms with Crippen LogP contribution in [0.2, 0.25) is 0 Å². The molecular weight excluding hydrogens is 114 g/mol. The van der Waals surface area contributed by atoms with Crippen molar-refractivity contribution in [3.63, 3.8) is 0 Å². The van der Waals surface area contributed by atoms with E-state index in [0.717, 1.165) is 6.54 Å². The Balaban J connectivity index is 0.000000360. The van der Waals surface area contributed by atoms with E-state index < -0.39 is 0 Å². The molecule has 1 aliphatic rings. The molecule has 2 N–H and O–H groups in total. The highest BCUT2D eigenvalue weighted by molar-refractivity contribution is 5.85. The van der Waals surface area contributed by atoms with Crippen molar-refractivity contribution in [2.45, 2.75) is 19.1 Å². The lowest BCUT2D eigenvalue weighted by Gasteiger charge is -2.30. The van der Waals surface area contributed by atoms with Gasteiger partial charge in [-0.3, -0.25) is 0 Å². The first-order valence-electron chi connectivity index (χ1n) is 2.22. The minimum atomic E-state index is -0.0787. The lowest BCUT2D eigenvalue weighted by Crippen LogP contribution is -2.55. The van der Waals surface area contributed by atoms with Crippen LogP contribution >= 0.6 is 12.4 Å². The van der Waals surface area contributed by atoms with Crippen molar-refractivity contribution >= 4 is 12.4 Å². The van der Waals surface area contributed by atoms with Gasteiger partial charge < -0.3 is 10.4 Å². The molecule has 1 heterocycles. The summed E-state index contributed by atoms with van der Waals surface area (Å²) in [6.45, 7) is 2.75. The summed E-state index contributed by atoms with van der Waals surface area (Å²) in [7, 11) is 0. The van der Waals surface area contributed by atoms with Crippen molar-refractivity contribution in [3.05, 3.63) is 0 Å². The zero-order valence-corrected chi connectivity index (χ0v) is 5.03. The van der Waals surface area contributed by atoms with E-state index in [-0.39, 0.29) is 18.5 Å². The standard InChI is InChI=1S/C4H9NO.ClH/c1-3-4(6)2-5-3;/h3-6H,2H2,1H3;1H/t3-,4-;/m0./s1. The summed E-state index contributed by atoms with van der Waals surface area (Å²) in [6.07, 6.45) is -0.0787. The van der Waals surface area contributed by atoms with E-state index in [1.807, 2.05) is 6.92 Å². The quantitative estimate of drug-likeness (QED) is 0.466. The third-order valence-corrected chi connectivity index (χ3v) is 1.23. The molecule has 1 fully saturated rings. The Morgan fingerprint density at radius 1 is 1.71 bits per heavy atom. The Hall–Kier alpha value is 0.210. The van der Waals surface area contributed by atoms with Gasteiger partial charge in [-0.25, -0.2) is 0 Å². The number of hydrogen-bond donors (Lipinski definition) is 2. The van der Waals surface area contributed by atoms with Crippen LogP contribution in [-0.4, -0.2) is 23.8 Å². The van der Waals surface area contributed by atoms with Gasteiger partial charge in [0.2, 0.25) is 0 Å². The molecule has 0 radical (unpaired) electrons. The number of hydrogen-bond acceptors (Lipinski definition) is 2. The molecule has 0 saturated carbocycles. The van der Waals surface area contributed by atoms with Gasteiger partial charge in [0.15, 0.2) is 0 Å². The third kappa shape index (κ3) is 1.30. The topological polar surface area (TPSA) is 32.3 Å². The van der Waals surface area contributed by atoms with Gasteiger partial charge in [0.1, 0.15) is 0 Å². The number of halogens is 1. The summed E-state index contributed by atoms with van der Waals surface area (Å²) in [4.78, 5) is 0. The molecule has 0 unspecified atom stereocenters. The highest BCUT2D eigenvalue weighted by atomic mass is 35.5. The van der Waals surface area contributed by atoms with Gasteiger partial charge in [0, 0.05) is 12.6 Å². The lowest BCUT2D eigenvalue weighted by molar-refractivity contribution is 0.0704. The Morgan fingerprint density at radius 2 is 2.14 bits per heavy atom. The molecule has 2 atom stereocenters. The van der Waals surface area contributed by atoms with E-state index >= 15 is 0 Å². The Bertz CT molecular complexity index is 51.7. The molecule has 0 aromatic rings. The van der Waals surface area contributed by atoms with Gasteiger partial charge in [-0.2, -0.15) is 0 Å². The van der Waals surface area contributed by atoms with Crippen LogP contribution in [0.25, 0.3) is 0 Å². The second-order valence-corrected chi connectivity index (χ2v) is 1.76. The van der Waals surface area contributed by atoms with Crippen LogP contribution < -0.4 is 5.32 Å². The fourth-order valence-electron chi connectivity index (χ4n) is 0.459. The van der Waals surface area contributed by atoms with Crippen molar-refractivity contribution < 1.29 is 5.11 Å². The normalized spacial score (nSPS) is 38.6. The van der Waals surface area contributed by atoms with Crippen molar-refractivity contribution in [2.75, 3.05) is 6.54 Å². The average molecular weight is 124 g/mol. The molecule has 0 aromatic heterocycles. The lowest BCUT2D eigenvalue weighted by atomic mass is 10.1. The predicted molar refractivity (Wildman–Crippen MR) is 30.7 cm³/mol. The van der Waals surface area contributed by atoms with Crippen LogP contribution in [-0.2, 0) is 0 Å². The van der Waals surface area contributed by atoms with E-state index in [2.05, 4.69) is 5.32 Å². The highest BCUT2D eigenvalue weighted by Gasteiger charge is 2.21. The van der Waals surface area contributed by atoms with E-state index in [1.165, 1.54) is 0 Å². The minimum Gasteiger partial charge on any atom is -0.390 e.